The number of alkyl halides is 4. The third-order valence-corrected chi connectivity index (χ3v) is 9.63. The first-order valence-corrected chi connectivity index (χ1v) is 17.2. The lowest BCUT2D eigenvalue weighted by atomic mass is 9.87. The van der Waals surface area contributed by atoms with Gasteiger partial charge in [-0.05, 0) is 43.3 Å². The van der Waals surface area contributed by atoms with Crippen LogP contribution in [0.25, 0.3) is 20.8 Å². The number of likely N-dealkylation sites (tertiary alicyclic amines) is 1. The number of carbonyl (C=O) groups is 1. The molecule has 15 nitrogen and oxygen atoms in total. The summed E-state index contributed by atoms with van der Waals surface area (Å²) in [5.41, 5.74) is -0.330. The van der Waals surface area contributed by atoms with Gasteiger partial charge in [0.1, 0.15) is 11.7 Å². The van der Waals surface area contributed by atoms with Crippen LogP contribution in [0.5, 0.6) is 5.88 Å². The van der Waals surface area contributed by atoms with Crippen molar-refractivity contribution in [3.05, 3.63) is 41.4 Å². The summed E-state index contributed by atoms with van der Waals surface area (Å²) in [4.78, 5) is 19.1. The average molecular weight is 758 g/mol. The van der Waals surface area contributed by atoms with Gasteiger partial charge in [0.15, 0.2) is 0 Å². The summed E-state index contributed by atoms with van der Waals surface area (Å²) in [7, 11) is 6.84. The summed E-state index contributed by atoms with van der Waals surface area (Å²) < 4.78 is 67.5. The van der Waals surface area contributed by atoms with Crippen molar-refractivity contribution in [2.24, 2.45) is 0 Å². The largest absolute Gasteiger partial charge is 0.429 e. The van der Waals surface area contributed by atoms with Crippen LogP contribution in [-0.4, -0.2) is 108 Å². The molecule has 284 valence electrons. The predicted octanol–water partition coefficient (Wildman–Crippen LogP) is 2.91. The Bertz CT molecular complexity index is 1820. The number of rotatable bonds is 12. The summed E-state index contributed by atoms with van der Waals surface area (Å²) in [5, 5.41) is 59.8. The summed E-state index contributed by atoms with van der Waals surface area (Å²) in [6.45, 7) is 7.41. The number of piperidine rings is 1. The SMILES string of the molecule is CC.[B]C(O)(O)Oc1nn(C(O)(O)O)cc1C(=O)NCc1nc(-c2sc3c(NC4CC(CC)N(C)C(CC)C4F)cccc3c2CC(F)(F)F)no1. The van der Waals surface area contributed by atoms with E-state index < -0.39 is 60.7 Å². The Morgan fingerprint density at radius 1 is 1.15 bits per heavy atom. The van der Waals surface area contributed by atoms with Gasteiger partial charge < -0.3 is 45.4 Å². The van der Waals surface area contributed by atoms with E-state index in [0.717, 1.165) is 17.8 Å². The molecule has 4 unspecified atom stereocenters. The van der Waals surface area contributed by atoms with Crippen LogP contribution < -0.4 is 15.4 Å². The van der Waals surface area contributed by atoms with Crippen LogP contribution in [-0.2, 0) is 19.1 Å². The maximum absolute atomic E-state index is 15.7. The van der Waals surface area contributed by atoms with Crippen LogP contribution in [0.3, 0.4) is 0 Å². The van der Waals surface area contributed by atoms with Crippen LogP contribution in [0, 0.1) is 0 Å². The first-order valence-electron chi connectivity index (χ1n) is 16.3. The Labute approximate surface area is 300 Å². The molecular formula is C31H40BF4N7O8S. The topological polar surface area (TPSA) is 211 Å². The van der Waals surface area contributed by atoms with Gasteiger partial charge in [-0.1, -0.05) is 45.0 Å². The molecule has 2 radical (unpaired) electrons. The van der Waals surface area contributed by atoms with E-state index in [1.54, 1.807) is 12.1 Å². The number of thiophene rings is 1. The third-order valence-electron chi connectivity index (χ3n) is 8.35. The molecule has 1 amide bonds. The number of aliphatic hydroxyl groups is 5. The van der Waals surface area contributed by atoms with E-state index in [0.29, 0.717) is 29.4 Å². The Morgan fingerprint density at radius 3 is 2.44 bits per heavy atom. The molecule has 0 spiro atoms. The Kier molecular flexibility index (Phi) is 12.6. The van der Waals surface area contributed by atoms with Gasteiger partial charge in [-0.25, -0.2) is 4.39 Å². The lowest BCUT2D eigenvalue weighted by Crippen LogP contribution is -2.57. The number of anilines is 1. The molecule has 21 heteroatoms. The fourth-order valence-electron chi connectivity index (χ4n) is 6.06. The number of hydrogen-bond donors (Lipinski definition) is 7. The molecule has 0 bridgehead atoms. The lowest BCUT2D eigenvalue weighted by Gasteiger charge is -2.45. The highest BCUT2D eigenvalue weighted by Gasteiger charge is 2.41. The number of fused-ring (bicyclic) bond motifs is 1. The minimum atomic E-state index is -4.61. The number of nitrogens with one attached hydrogen (secondary N) is 2. The van der Waals surface area contributed by atoms with Gasteiger partial charge in [0.05, 0.1) is 40.5 Å². The zero-order valence-electron chi connectivity index (χ0n) is 28.8. The summed E-state index contributed by atoms with van der Waals surface area (Å²) in [5.74, 6) is -5.88. The summed E-state index contributed by atoms with van der Waals surface area (Å²) >= 11 is 0.969. The van der Waals surface area contributed by atoms with Crippen LogP contribution in [0.4, 0.5) is 23.2 Å². The Morgan fingerprint density at radius 2 is 1.85 bits per heavy atom. The van der Waals surface area contributed by atoms with Crippen LogP contribution >= 0.6 is 11.3 Å². The van der Waals surface area contributed by atoms with E-state index in [9.17, 15) is 43.5 Å². The minimum absolute atomic E-state index is 0.0330. The number of hydrogen-bond acceptors (Lipinski definition) is 14. The highest BCUT2D eigenvalue weighted by atomic mass is 32.1. The van der Waals surface area contributed by atoms with Crippen molar-refractivity contribution in [3.8, 4) is 16.6 Å². The highest BCUT2D eigenvalue weighted by molar-refractivity contribution is 7.23. The molecule has 4 aromatic rings. The number of amides is 1. The van der Waals surface area contributed by atoms with Crippen LogP contribution in [0.15, 0.2) is 28.9 Å². The maximum Gasteiger partial charge on any atom is 0.393 e. The number of benzene rings is 1. The lowest BCUT2D eigenvalue weighted by molar-refractivity contribution is -0.381. The van der Waals surface area contributed by atoms with Gasteiger partial charge >= 0.3 is 12.3 Å². The molecule has 1 aliphatic heterocycles. The van der Waals surface area contributed by atoms with Gasteiger partial charge in [-0.15, -0.1) is 16.4 Å². The molecule has 7 N–H and O–H groups in total. The van der Waals surface area contributed by atoms with E-state index >= 15 is 4.39 Å². The smallest absolute Gasteiger partial charge is 0.393 e. The van der Waals surface area contributed by atoms with Crippen molar-refractivity contribution in [1.82, 2.24) is 30.1 Å². The number of nitrogens with zero attached hydrogens (tertiary/aromatic N) is 5. The normalized spacial score (nSPS) is 20.0. The average Bonchev–Trinajstić information content (AvgIpc) is 3.79. The van der Waals surface area contributed by atoms with E-state index in [-0.39, 0.29) is 44.3 Å². The predicted molar refractivity (Wildman–Crippen MR) is 181 cm³/mol. The standard InChI is InChI=1S/C29H34BF4N7O8S.C2H6/c1-4-13-9-18(21(31)19(5-2)40(13)3)36-17-8-6-7-14-15(10-27(32,33)34)23(50-22(14)17)24-37-20(49-39-24)11-35-25(42)16-12-41(29(45,46)47)38-26(16)48-28(30,43)44;1-2/h6-8,12-13,18-19,21,36,43-47H,4-5,9-11H2,1-3H3,(H,35,42);1-2H3. The second-order valence-electron chi connectivity index (χ2n) is 11.9. The van der Waals surface area contributed by atoms with Crippen molar-refractivity contribution in [2.75, 3.05) is 12.4 Å². The quantitative estimate of drug-likeness (QED) is 0.0631. The van der Waals surface area contributed by atoms with Gasteiger partial charge in [-0.2, -0.15) is 22.8 Å². The number of halogens is 4. The highest BCUT2D eigenvalue weighted by Crippen LogP contribution is 2.44. The van der Waals surface area contributed by atoms with Crippen LogP contribution in [0.2, 0.25) is 0 Å². The molecule has 4 heterocycles. The Hall–Kier alpha value is -3.86. The van der Waals surface area contributed by atoms with E-state index in [1.165, 1.54) is 6.07 Å². The van der Waals surface area contributed by atoms with E-state index in [1.807, 2.05) is 39.6 Å². The molecule has 4 atom stereocenters. The van der Waals surface area contributed by atoms with Gasteiger partial charge in [0, 0.05) is 12.1 Å². The molecule has 0 aliphatic carbocycles. The fraction of sp³-hybridized carbons (Fsp3) is 0.548. The molecule has 3 aromatic heterocycles. The van der Waals surface area contributed by atoms with Crippen molar-refractivity contribution in [3.63, 3.8) is 0 Å². The number of carbonyl (C=O) groups excluding carboxylic acids is 1. The zero-order valence-corrected chi connectivity index (χ0v) is 29.7. The summed E-state index contributed by atoms with van der Waals surface area (Å²) in [6, 6.07) is 4.00. The Balaban J connectivity index is 0.00000297. The number of aromatic nitrogens is 4. The molecule has 52 heavy (non-hydrogen) atoms. The molecule has 1 saturated heterocycles. The van der Waals surface area contributed by atoms with Gasteiger partial charge in [0.25, 0.3) is 11.8 Å². The van der Waals surface area contributed by atoms with E-state index in [2.05, 4.69) is 30.6 Å². The second kappa shape index (κ2) is 16.0. The molecule has 1 aliphatic rings. The van der Waals surface area contributed by atoms with Gasteiger partial charge in [0.2, 0.25) is 25.4 Å². The third kappa shape index (κ3) is 9.38. The molecule has 0 saturated carbocycles. The van der Waals surface area contributed by atoms with Gasteiger partial charge in [-0.3, -0.25) is 9.69 Å². The molecule has 1 aromatic carbocycles. The number of ether oxygens (including phenoxy) is 1. The first-order chi connectivity index (χ1) is 24.3. The van der Waals surface area contributed by atoms with Crippen molar-refractivity contribution in [1.29, 1.82) is 0 Å². The first kappa shape index (κ1) is 40.9. The van der Waals surface area contributed by atoms with E-state index in [4.69, 9.17) is 12.4 Å². The molecular weight excluding hydrogens is 717 g/mol. The molecule has 5 rings (SSSR count). The van der Waals surface area contributed by atoms with Crippen molar-refractivity contribution < 1.29 is 57.1 Å². The second-order valence-corrected chi connectivity index (χ2v) is 12.9. The molecule has 1 fully saturated rings. The van der Waals surface area contributed by atoms with Crippen molar-refractivity contribution >= 4 is 40.9 Å². The fourth-order valence-corrected chi connectivity index (χ4v) is 7.28. The summed E-state index contributed by atoms with van der Waals surface area (Å²) in [6.07, 6.45) is -8.33. The minimum Gasteiger partial charge on any atom is -0.429 e. The van der Waals surface area contributed by atoms with Crippen LogP contribution in [0.1, 0.15) is 68.8 Å². The maximum atomic E-state index is 15.7. The zero-order chi connectivity index (χ0) is 38.8. The monoisotopic (exact) mass is 757 g/mol. The van der Waals surface area contributed by atoms with Crippen molar-refractivity contribution in [2.45, 2.75) is 102 Å².